The molecule has 0 aromatic heterocycles. The highest BCUT2D eigenvalue weighted by Gasteiger charge is 2.35. The summed E-state index contributed by atoms with van der Waals surface area (Å²) in [4.78, 5) is 0.161. The van der Waals surface area contributed by atoms with Gasteiger partial charge in [-0.3, -0.25) is 0 Å². The third kappa shape index (κ3) is 3.56. The van der Waals surface area contributed by atoms with E-state index in [1.807, 2.05) is 13.8 Å². The zero-order valence-corrected chi connectivity index (χ0v) is 13.5. The van der Waals surface area contributed by atoms with Crippen molar-refractivity contribution in [3.05, 3.63) is 23.8 Å². The van der Waals surface area contributed by atoms with Crippen LogP contribution in [0.2, 0.25) is 0 Å². The Hall–Kier alpha value is -1.11. The third-order valence-corrected chi connectivity index (χ3v) is 5.60. The van der Waals surface area contributed by atoms with Crippen molar-refractivity contribution in [3.63, 3.8) is 0 Å². The first-order valence-electron chi connectivity index (χ1n) is 7.22. The molecule has 0 unspecified atom stereocenters. The number of aliphatic hydroxyl groups excluding tert-OH is 1. The fourth-order valence-electron chi connectivity index (χ4n) is 2.73. The van der Waals surface area contributed by atoms with Gasteiger partial charge in [0.1, 0.15) is 10.6 Å². The van der Waals surface area contributed by atoms with Crippen molar-refractivity contribution in [2.75, 3.05) is 7.11 Å². The number of ether oxygens (including phenoxy) is 1. The molecular weight excluding hydrogens is 290 g/mol. The molecule has 0 saturated heterocycles. The first kappa shape index (κ1) is 16.3. The summed E-state index contributed by atoms with van der Waals surface area (Å²) in [6.07, 6.45) is 1.73. The van der Waals surface area contributed by atoms with E-state index < -0.39 is 10.0 Å². The number of sulfonamides is 1. The van der Waals surface area contributed by atoms with Gasteiger partial charge < -0.3 is 9.84 Å². The molecule has 1 aliphatic carbocycles. The number of rotatable bonds is 6. The van der Waals surface area contributed by atoms with Gasteiger partial charge in [0, 0.05) is 6.04 Å². The molecule has 1 atom stereocenters. The average molecular weight is 313 g/mol. The zero-order valence-electron chi connectivity index (χ0n) is 12.7. The molecule has 21 heavy (non-hydrogen) atoms. The SMILES string of the molecule is CC[C@@H](NS(=O)(=O)c1ccc(C)cc1OC)C1CC(O)C1. The summed E-state index contributed by atoms with van der Waals surface area (Å²) in [5.74, 6) is 0.558. The van der Waals surface area contributed by atoms with E-state index in [9.17, 15) is 13.5 Å². The minimum absolute atomic E-state index is 0.149. The van der Waals surface area contributed by atoms with Crippen LogP contribution in [0.5, 0.6) is 5.75 Å². The van der Waals surface area contributed by atoms with Crippen LogP contribution in [0, 0.1) is 12.8 Å². The molecule has 1 saturated carbocycles. The second-order valence-corrected chi connectivity index (χ2v) is 7.36. The standard InChI is InChI=1S/C15H23NO4S/c1-4-13(11-8-12(17)9-11)16-21(18,19)15-6-5-10(2)7-14(15)20-3/h5-7,11-13,16-17H,4,8-9H2,1-3H3/t11?,12?,13-/m1/s1. The topological polar surface area (TPSA) is 75.6 Å². The smallest absolute Gasteiger partial charge is 0.244 e. The quantitative estimate of drug-likeness (QED) is 0.840. The molecule has 0 spiro atoms. The van der Waals surface area contributed by atoms with Gasteiger partial charge in [-0.05, 0) is 49.8 Å². The zero-order chi connectivity index (χ0) is 15.6. The summed E-state index contributed by atoms with van der Waals surface area (Å²) in [5.41, 5.74) is 0.944. The molecule has 0 bridgehead atoms. The van der Waals surface area contributed by atoms with Crippen LogP contribution >= 0.6 is 0 Å². The van der Waals surface area contributed by atoms with Gasteiger partial charge >= 0.3 is 0 Å². The molecule has 0 radical (unpaired) electrons. The number of benzene rings is 1. The van der Waals surface area contributed by atoms with E-state index in [0.717, 1.165) is 5.56 Å². The summed E-state index contributed by atoms with van der Waals surface area (Å²) in [7, 11) is -2.16. The number of aryl methyl sites for hydroxylation is 1. The van der Waals surface area contributed by atoms with Gasteiger partial charge in [0.05, 0.1) is 13.2 Å². The van der Waals surface area contributed by atoms with Crippen molar-refractivity contribution < 1.29 is 18.3 Å². The Kier molecular flexibility index (Phi) is 4.91. The van der Waals surface area contributed by atoms with E-state index in [1.165, 1.54) is 7.11 Å². The van der Waals surface area contributed by atoms with Crippen LogP contribution in [0.25, 0.3) is 0 Å². The molecule has 1 aliphatic rings. The maximum absolute atomic E-state index is 12.6. The lowest BCUT2D eigenvalue weighted by molar-refractivity contribution is 0.0277. The predicted octanol–water partition coefficient (Wildman–Crippen LogP) is 1.83. The van der Waals surface area contributed by atoms with Crippen molar-refractivity contribution in [1.82, 2.24) is 4.72 Å². The van der Waals surface area contributed by atoms with Gasteiger partial charge in [0.25, 0.3) is 0 Å². The molecule has 5 nitrogen and oxygen atoms in total. The van der Waals surface area contributed by atoms with Crippen LogP contribution in [0.4, 0.5) is 0 Å². The normalized spacial score (nSPS) is 23.4. The van der Waals surface area contributed by atoms with E-state index in [4.69, 9.17) is 4.74 Å². The third-order valence-electron chi connectivity index (χ3n) is 4.07. The van der Waals surface area contributed by atoms with Gasteiger partial charge in [0.2, 0.25) is 10.0 Å². The summed E-state index contributed by atoms with van der Waals surface area (Å²) in [6, 6.07) is 4.89. The molecule has 2 N–H and O–H groups in total. The second-order valence-electron chi connectivity index (χ2n) is 5.68. The molecule has 6 heteroatoms. The lowest BCUT2D eigenvalue weighted by atomic mass is 9.77. The number of methoxy groups -OCH3 is 1. The first-order chi connectivity index (χ1) is 9.87. The van der Waals surface area contributed by atoms with Crippen molar-refractivity contribution >= 4 is 10.0 Å². The average Bonchev–Trinajstić information content (AvgIpc) is 2.41. The lowest BCUT2D eigenvalue weighted by Crippen LogP contribution is -2.46. The van der Waals surface area contributed by atoms with Gasteiger partial charge in [-0.2, -0.15) is 0 Å². The lowest BCUT2D eigenvalue weighted by Gasteiger charge is -2.37. The van der Waals surface area contributed by atoms with Crippen LogP contribution in [0.3, 0.4) is 0 Å². The molecule has 0 heterocycles. The van der Waals surface area contributed by atoms with Crippen LogP contribution in [0.1, 0.15) is 31.7 Å². The fraction of sp³-hybridized carbons (Fsp3) is 0.600. The Morgan fingerprint density at radius 3 is 2.62 bits per heavy atom. The number of nitrogens with one attached hydrogen (secondary N) is 1. The van der Waals surface area contributed by atoms with Gasteiger partial charge in [0.15, 0.2) is 0 Å². The van der Waals surface area contributed by atoms with E-state index in [2.05, 4.69) is 4.72 Å². The molecule has 1 aromatic rings. The first-order valence-corrected chi connectivity index (χ1v) is 8.70. The highest BCUT2D eigenvalue weighted by molar-refractivity contribution is 7.89. The summed E-state index contributed by atoms with van der Waals surface area (Å²) < 4.78 is 33.1. The summed E-state index contributed by atoms with van der Waals surface area (Å²) in [6.45, 7) is 3.83. The molecular formula is C15H23NO4S. The molecule has 2 rings (SSSR count). The Bertz CT molecular complexity index is 594. The van der Waals surface area contributed by atoms with Crippen LogP contribution in [-0.2, 0) is 10.0 Å². The maximum atomic E-state index is 12.6. The summed E-state index contributed by atoms with van der Waals surface area (Å²) >= 11 is 0. The molecule has 0 amide bonds. The predicted molar refractivity (Wildman–Crippen MR) is 80.9 cm³/mol. The number of aliphatic hydroxyl groups is 1. The molecule has 1 aromatic carbocycles. The largest absolute Gasteiger partial charge is 0.495 e. The van der Waals surface area contributed by atoms with E-state index in [1.54, 1.807) is 18.2 Å². The number of hydrogen-bond donors (Lipinski definition) is 2. The van der Waals surface area contributed by atoms with Crippen LogP contribution in [0.15, 0.2) is 23.1 Å². The molecule has 1 fully saturated rings. The minimum Gasteiger partial charge on any atom is -0.495 e. The number of hydrogen-bond acceptors (Lipinski definition) is 4. The van der Waals surface area contributed by atoms with E-state index in [-0.39, 0.29) is 23.0 Å². The highest BCUT2D eigenvalue weighted by atomic mass is 32.2. The van der Waals surface area contributed by atoms with Crippen molar-refractivity contribution in [3.8, 4) is 5.75 Å². The molecule has 118 valence electrons. The second kappa shape index (κ2) is 6.34. The Morgan fingerprint density at radius 2 is 2.10 bits per heavy atom. The van der Waals surface area contributed by atoms with Gasteiger partial charge in [-0.15, -0.1) is 0 Å². The molecule has 0 aliphatic heterocycles. The van der Waals surface area contributed by atoms with Crippen LogP contribution in [-0.4, -0.2) is 32.8 Å². The van der Waals surface area contributed by atoms with Crippen molar-refractivity contribution in [1.29, 1.82) is 0 Å². The van der Waals surface area contributed by atoms with E-state index >= 15 is 0 Å². The van der Waals surface area contributed by atoms with Gasteiger partial charge in [-0.1, -0.05) is 13.0 Å². The highest BCUT2D eigenvalue weighted by Crippen LogP contribution is 2.33. The Balaban J connectivity index is 2.21. The van der Waals surface area contributed by atoms with Crippen molar-refractivity contribution in [2.45, 2.75) is 50.2 Å². The Labute approximate surface area is 126 Å². The van der Waals surface area contributed by atoms with Gasteiger partial charge in [-0.25, -0.2) is 13.1 Å². The van der Waals surface area contributed by atoms with Crippen molar-refractivity contribution in [2.24, 2.45) is 5.92 Å². The monoisotopic (exact) mass is 313 g/mol. The minimum atomic E-state index is -3.63. The fourth-order valence-corrected chi connectivity index (χ4v) is 4.27. The maximum Gasteiger partial charge on any atom is 0.244 e. The Morgan fingerprint density at radius 1 is 1.43 bits per heavy atom. The van der Waals surface area contributed by atoms with Crippen LogP contribution < -0.4 is 9.46 Å². The summed E-state index contributed by atoms with van der Waals surface area (Å²) in [5, 5.41) is 9.39. The van der Waals surface area contributed by atoms with E-state index in [0.29, 0.717) is 25.0 Å².